The SMILES string of the molecule is COc1cc(C)c(CCOCCNC2CC2)cc1OC. The Balaban J connectivity index is 1.76. The Bertz CT molecular complexity index is 430. The predicted octanol–water partition coefficient (Wildman–Crippen LogP) is 2.32. The normalized spacial score (nSPS) is 14.3. The van der Waals surface area contributed by atoms with Crippen molar-refractivity contribution in [2.24, 2.45) is 0 Å². The first kappa shape index (κ1) is 15.1. The van der Waals surface area contributed by atoms with E-state index in [2.05, 4.69) is 12.2 Å². The van der Waals surface area contributed by atoms with Crippen LogP contribution in [0.4, 0.5) is 0 Å². The third kappa shape index (κ3) is 4.39. The van der Waals surface area contributed by atoms with Gasteiger partial charge in [-0.3, -0.25) is 0 Å². The molecule has 4 heteroatoms. The molecule has 20 heavy (non-hydrogen) atoms. The third-order valence-electron chi connectivity index (χ3n) is 3.61. The van der Waals surface area contributed by atoms with E-state index in [0.717, 1.165) is 43.7 Å². The Morgan fingerprint density at radius 3 is 2.45 bits per heavy atom. The third-order valence-corrected chi connectivity index (χ3v) is 3.61. The molecule has 1 aliphatic carbocycles. The number of methoxy groups -OCH3 is 2. The first-order chi connectivity index (χ1) is 9.74. The lowest BCUT2D eigenvalue weighted by atomic mass is 10.1. The predicted molar refractivity (Wildman–Crippen MR) is 79.8 cm³/mol. The van der Waals surface area contributed by atoms with Crippen molar-refractivity contribution in [1.29, 1.82) is 0 Å². The Labute approximate surface area is 121 Å². The molecule has 0 heterocycles. The van der Waals surface area contributed by atoms with Crippen molar-refractivity contribution in [2.75, 3.05) is 34.0 Å². The van der Waals surface area contributed by atoms with Crippen molar-refractivity contribution in [2.45, 2.75) is 32.2 Å². The van der Waals surface area contributed by atoms with Crippen molar-refractivity contribution >= 4 is 0 Å². The van der Waals surface area contributed by atoms with Gasteiger partial charge in [0.05, 0.1) is 27.4 Å². The quantitative estimate of drug-likeness (QED) is 0.704. The van der Waals surface area contributed by atoms with Gasteiger partial charge in [0, 0.05) is 12.6 Å². The summed E-state index contributed by atoms with van der Waals surface area (Å²) in [6.45, 7) is 4.56. The largest absolute Gasteiger partial charge is 0.493 e. The van der Waals surface area contributed by atoms with Crippen LogP contribution in [0.2, 0.25) is 0 Å². The van der Waals surface area contributed by atoms with Crippen LogP contribution >= 0.6 is 0 Å². The van der Waals surface area contributed by atoms with Crippen LogP contribution in [0.5, 0.6) is 11.5 Å². The van der Waals surface area contributed by atoms with Crippen LogP contribution in [0, 0.1) is 6.92 Å². The van der Waals surface area contributed by atoms with E-state index in [1.165, 1.54) is 24.0 Å². The van der Waals surface area contributed by atoms with Crippen LogP contribution in [0.25, 0.3) is 0 Å². The average molecular weight is 279 g/mol. The highest BCUT2D eigenvalue weighted by Crippen LogP contribution is 2.30. The van der Waals surface area contributed by atoms with Crippen LogP contribution in [-0.2, 0) is 11.2 Å². The van der Waals surface area contributed by atoms with Gasteiger partial charge in [-0.15, -0.1) is 0 Å². The molecule has 0 radical (unpaired) electrons. The summed E-state index contributed by atoms with van der Waals surface area (Å²) in [5, 5.41) is 3.44. The van der Waals surface area contributed by atoms with E-state index >= 15 is 0 Å². The van der Waals surface area contributed by atoms with Gasteiger partial charge in [-0.1, -0.05) is 0 Å². The van der Waals surface area contributed by atoms with Gasteiger partial charge in [0.2, 0.25) is 0 Å². The number of aryl methyl sites for hydroxylation is 1. The summed E-state index contributed by atoms with van der Waals surface area (Å²) in [6.07, 6.45) is 3.55. The molecule has 0 atom stereocenters. The molecular weight excluding hydrogens is 254 g/mol. The molecular formula is C16H25NO3. The highest BCUT2D eigenvalue weighted by Gasteiger charge is 2.19. The lowest BCUT2D eigenvalue weighted by molar-refractivity contribution is 0.138. The van der Waals surface area contributed by atoms with E-state index in [0.29, 0.717) is 0 Å². The molecule has 1 aromatic rings. The van der Waals surface area contributed by atoms with Gasteiger partial charge in [-0.25, -0.2) is 0 Å². The number of hydrogen-bond donors (Lipinski definition) is 1. The van der Waals surface area contributed by atoms with Gasteiger partial charge >= 0.3 is 0 Å². The molecule has 0 bridgehead atoms. The summed E-state index contributed by atoms with van der Waals surface area (Å²) < 4.78 is 16.3. The van der Waals surface area contributed by atoms with Gasteiger partial charge in [0.25, 0.3) is 0 Å². The van der Waals surface area contributed by atoms with E-state index in [4.69, 9.17) is 14.2 Å². The molecule has 4 nitrogen and oxygen atoms in total. The van der Waals surface area contributed by atoms with Crippen LogP contribution in [-0.4, -0.2) is 40.0 Å². The molecule has 0 spiro atoms. The lowest BCUT2D eigenvalue weighted by Gasteiger charge is -2.13. The molecule has 0 amide bonds. The highest BCUT2D eigenvalue weighted by molar-refractivity contribution is 5.47. The van der Waals surface area contributed by atoms with Crippen LogP contribution in [0.3, 0.4) is 0 Å². The maximum Gasteiger partial charge on any atom is 0.161 e. The zero-order valence-corrected chi connectivity index (χ0v) is 12.7. The molecule has 0 saturated heterocycles. The second kappa shape index (κ2) is 7.50. The van der Waals surface area contributed by atoms with E-state index < -0.39 is 0 Å². The molecule has 1 aliphatic rings. The molecule has 1 N–H and O–H groups in total. The van der Waals surface area contributed by atoms with E-state index in [-0.39, 0.29) is 0 Å². The fourth-order valence-electron chi connectivity index (χ4n) is 2.20. The van der Waals surface area contributed by atoms with Gasteiger partial charge in [-0.05, 0) is 49.4 Å². The van der Waals surface area contributed by atoms with Crippen molar-refractivity contribution in [3.63, 3.8) is 0 Å². The number of rotatable bonds is 9. The monoisotopic (exact) mass is 279 g/mol. The van der Waals surface area contributed by atoms with Crippen molar-refractivity contribution < 1.29 is 14.2 Å². The second-order valence-electron chi connectivity index (χ2n) is 5.22. The highest BCUT2D eigenvalue weighted by atomic mass is 16.5. The smallest absolute Gasteiger partial charge is 0.161 e. The van der Waals surface area contributed by atoms with Crippen LogP contribution < -0.4 is 14.8 Å². The molecule has 1 aromatic carbocycles. The molecule has 0 aromatic heterocycles. The summed E-state index contributed by atoms with van der Waals surface area (Å²) in [5.41, 5.74) is 2.46. The van der Waals surface area contributed by atoms with Gasteiger partial charge in [0.15, 0.2) is 11.5 Å². The van der Waals surface area contributed by atoms with Gasteiger partial charge in [0.1, 0.15) is 0 Å². The van der Waals surface area contributed by atoms with E-state index in [1.807, 2.05) is 12.1 Å². The van der Waals surface area contributed by atoms with Crippen molar-refractivity contribution in [3.05, 3.63) is 23.3 Å². The fourth-order valence-corrected chi connectivity index (χ4v) is 2.20. The Hall–Kier alpha value is -1.26. The summed E-state index contributed by atoms with van der Waals surface area (Å²) >= 11 is 0. The summed E-state index contributed by atoms with van der Waals surface area (Å²) in [4.78, 5) is 0. The Kier molecular flexibility index (Phi) is 5.68. The van der Waals surface area contributed by atoms with E-state index in [9.17, 15) is 0 Å². The lowest BCUT2D eigenvalue weighted by Crippen LogP contribution is -2.22. The Morgan fingerprint density at radius 1 is 1.10 bits per heavy atom. The summed E-state index contributed by atoms with van der Waals surface area (Å²) in [7, 11) is 3.32. The minimum atomic E-state index is 0.739. The number of hydrogen-bond acceptors (Lipinski definition) is 4. The first-order valence-corrected chi connectivity index (χ1v) is 7.27. The molecule has 112 valence electrons. The molecule has 0 aliphatic heterocycles. The second-order valence-corrected chi connectivity index (χ2v) is 5.22. The standard InChI is InChI=1S/C16H25NO3/c1-12-10-15(18-2)16(19-3)11-13(12)6-8-20-9-7-17-14-4-5-14/h10-11,14,17H,4-9H2,1-3H3. The van der Waals surface area contributed by atoms with Crippen molar-refractivity contribution in [1.82, 2.24) is 5.32 Å². The number of nitrogens with one attached hydrogen (secondary N) is 1. The maximum atomic E-state index is 5.67. The maximum absolute atomic E-state index is 5.67. The number of ether oxygens (including phenoxy) is 3. The fraction of sp³-hybridized carbons (Fsp3) is 0.625. The zero-order chi connectivity index (χ0) is 14.4. The number of benzene rings is 1. The average Bonchev–Trinajstić information content (AvgIpc) is 3.27. The molecule has 1 fully saturated rings. The van der Waals surface area contributed by atoms with Crippen molar-refractivity contribution in [3.8, 4) is 11.5 Å². The van der Waals surface area contributed by atoms with Gasteiger partial charge < -0.3 is 19.5 Å². The zero-order valence-electron chi connectivity index (χ0n) is 12.7. The molecule has 0 unspecified atom stereocenters. The minimum absolute atomic E-state index is 0.739. The summed E-state index contributed by atoms with van der Waals surface area (Å²) in [5.74, 6) is 1.56. The molecule has 2 rings (SSSR count). The Morgan fingerprint density at radius 2 is 1.80 bits per heavy atom. The minimum Gasteiger partial charge on any atom is -0.493 e. The van der Waals surface area contributed by atoms with Crippen LogP contribution in [0.1, 0.15) is 24.0 Å². The summed E-state index contributed by atoms with van der Waals surface area (Å²) in [6, 6.07) is 4.81. The topological polar surface area (TPSA) is 39.7 Å². The van der Waals surface area contributed by atoms with Gasteiger partial charge in [-0.2, -0.15) is 0 Å². The van der Waals surface area contributed by atoms with Crippen LogP contribution in [0.15, 0.2) is 12.1 Å². The first-order valence-electron chi connectivity index (χ1n) is 7.27. The van der Waals surface area contributed by atoms with E-state index in [1.54, 1.807) is 14.2 Å². The molecule has 1 saturated carbocycles.